The number of benzene rings is 2. The van der Waals surface area contributed by atoms with Gasteiger partial charge in [0, 0.05) is 0 Å². The minimum Gasteiger partial charge on any atom is -0.496 e. The first-order valence-corrected chi connectivity index (χ1v) is 9.64. The maximum Gasteiger partial charge on any atom is 0.210 e. The maximum atomic E-state index is 13.4. The van der Waals surface area contributed by atoms with E-state index in [1.807, 2.05) is 24.3 Å². The third-order valence-corrected chi connectivity index (χ3v) is 5.52. The number of nitrogens with one attached hydrogen (secondary N) is 1. The van der Waals surface area contributed by atoms with Crippen molar-refractivity contribution in [1.82, 2.24) is 10.2 Å². The van der Waals surface area contributed by atoms with Crippen LogP contribution in [0.4, 0.5) is 15.2 Å². The highest BCUT2D eigenvalue weighted by molar-refractivity contribution is 8.01. The number of methoxy groups -OCH3 is 2. The molecule has 1 aromatic heterocycles. The van der Waals surface area contributed by atoms with Gasteiger partial charge in [0.1, 0.15) is 17.3 Å². The molecule has 0 radical (unpaired) electrons. The summed E-state index contributed by atoms with van der Waals surface area (Å²) in [7, 11) is 3.03. The van der Waals surface area contributed by atoms with Gasteiger partial charge in [0.2, 0.25) is 5.13 Å². The first-order chi connectivity index (χ1) is 13.1. The molecule has 0 saturated heterocycles. The number of anilines is 2. The molecule has 0 amide bonds. The van der Waals surface area contributed by atoms with Crippen LogP contribution >= 0.6 is 23.1 Å². The number of hydrogen-bond acceptors (Lipinski definition) is 8. The molecule has 0 bridgehead atoms. The molecule has 0 aliphatic rings. The van der Waals surface area contributed by atoms with Crippen LogP contribution in [0.1, 0.15) is 10.4 Å². The smallest absolute Gasteiger partial charge is 0.210 e. The van der Waals surface area contributed by atoms with Crippen molar-refractivity contribution in [2.75, 3.05) is 25.3 Å². The summed E-state index contributed by atoms with van der Waals surface area (Å²) in [5.74, 6) is 0.408. The van der Waals surface area contributed by atoms with Crippen LogP contribution in [0.3, 0.4) is 0 Å². The van der Waals surface area contributed by atoms with Crippen molar-refractivity contribution in [1.29, 1.82) is 0 Å². The van der Waals surface area contributed by atoms with Crippen LogP contribution in [0.25, 0.3) is 0 Å². The Hall–Kier alpha value is -2.65. The summed E-state index contributed by atoms with van der Waals surface area (Å²) in [6.07, 6.45) is 0. The number of halogens is 1. The molecule has 140 valence electrons. The Morgan fingerprint density at radius 3 is 2.70 bits per heavy atom. The predicted molar refractivity (Wildman–Crippen MR) is 104 cm³/mol. The van der Waals surface area contributed by atoms with Crippen molar-refractivity contribution in [2.45, 2.75) is 4.34 Å². The lowest BCUT2D eigenvalue weighted by molar-refractivity contribution is 0.101. The van der Waals surface area contributed by atoms with E-state index in [2.05, 4.69) is 15.5 Å². The molecule has 3 rings (SSSR count). The predicted octanol–water partition coefficient (Wildman–Crippen LogP) is 4.41. The zero-order valence-corrected chi connectivity index (χ0v) is 16.2. The van der Waals surface area contributed by atoms with Gasteiger partial charge in [-0.1, -0.05) is 35.2 Å². The molecule has 0 unspecified atom stereocenters. The SMILES string of the molecule is COc1ccccc1Nc1nnc(SCC(=O)c2cc(F)ccc2OC)s1. The summed E-state index contributed by atoms with van der Waals surface area (Å²) < 4.78 is 24.5. The van der Waals surface area contributed by atoms with Gasteiger partial charge in [0.05, 0.1) is 31.2 Å². The van der Waals surface area contributed by atoms with Gasteiger partial charge in [-0.25, -0.2) is 4.39 Å². The maximum absolute atomic E-state index is 13.4. The second-order valence-electron chi connectivity index (χ2n) is 5.25. The number of hydrogen-bond donors (Lipinski definition) is 1. The van der Waals surface area contributed by atoms with E-state index in [0.29, 0.717) is 21.0 Å². The van der Waals surface area contributed by atoms with Crippen LogP contribution in [0.2, 0.25) is 0 Å². The monoisotopic (exact) mass is 405 g/mol. The minimum absolute atomic E-state index is 0.100. The Labute approximate surface area is 163 Å². The Morgan fingerprint density at radius 2 is 1.93 bits per heavy atom. The zero-order chi connectivity index (χ0) is 19.2. The molecule has 9 heteroatoms. The van der Waals surface area contributed by atoms with Crippen molar-refractivity contribution in [3.63, 3.8) is 0 Å². The van der Waals surface area contributed by atoms with E-state index in [-0.39, 0.29) is 17.1 Å². The van der Waals surface area contributed by atoms with Crippen molar-refractivity contribution in [3.8, 4) is 11.5 Å². The fourth-order valence-electron chi connectivity index (χ4n) is 2.28. The van der Waals surface area contributed by atoms with E-state index < -0.39 is 5.82 Å². The van der Waals surface area contributed by atoms with Gasteiger partial charge in [-0.2, -0.15) is 0 Å². The molecule has 0 spiro atoms. The molecule has 1 heterocycles. The number of ketones is 1. The van der Waals surface area contributed by atoms with Crippen LogP contribution in [0.15, 0.2) is 46.8 Å². The quantitative estimate of drug-likeness (QED) is 0.439. The zero-order valence-electron chi connectivity index (χ0n) is 14.6. The number of rotatable bonds is 8. The van der Waals surface area contributed by atoms with Gasteiger partial charge in [0.25, 0.3) is 0 Å². The largest absolute Gasteiger partial charge is 0.496 e. The summed E-state index contributed by atoms with van der Waals surface area (Å²) in [5, 5.41) is 11.9. The molecule has 0 atom stereocenters. The average Bonchev–Trinajstić information content (AvgIpc) is 3.14. The molecule has 6 nitrogen and oxygen atoms in total. The van der Waals surface area contributed by atoms with Gasteiger partial charge in [-0.15, -0.1) is 10.2 Å². The van der Waals surface area contributed by atoms with Gasteiger partial charge in [0.15, 0.2) is 10.1 Å². The van der Waals surface area contributed by atoms with Crippen LogP contribution in [-0.4, -0.2) is 36.0 Å². The van der Waals surface area contributed by atoms with Crippen LogP contribution in [0, 0.1) is 5.82 Å². The summed E-state index contributed by atoms with van der Waals surface area (Å²) in [6, 6.07) is 11.3. The lowest BCUT2D eigenvalue weighted by atomic mass is 10.1. The fraction of sp³-hybridized carbons (Fsp3) is 0.167. The lowest BCUT2D eigenvalue weighted by Crippen LogP contribution is -2.05. The number of Topliss-reactive ketones (excluding diaryl/α,β-unsaturated/α-hetero) is 1. The van der Waals surface area contributed by atoms with E-state index in [9.17, 15) is 9.18 Å². The molecule has 0 aliphatic carbocycles. The van der Waals surface area contributed by atoms with Crippen LogP contribution in [0.5, 0.6) is 11.5 Å². The molecule has 0 aliphatic heterocycles. The number of aromatic nitrogens is 2. The number of carbonyl (C=O) groups excluding carboxylic acids is 1. The highest BCUT2D eigenvalue weighted by Crippen LogP contribution is 2.32. The van der Waals surface area contributed by atoms with Crippen LogP contribution in [-0.2, 0) is 0 Å². The third-order valence-electron chi connectivity index (χ3n) is 3.54. The number of nitrogens with zero attached hydrogens (tertiary/aromatic N) is 2. The van der Waals surface area contributed by atoms with Crippen molar-refractivity contribution < 1.29 is 18.7 Å². The topological polar surface area (TPSA) is 73.3 Å². The van der Waals surface area contributed by atoms with E-state index in [1.54, 1.807) is 7.11 Å². The van der Waals surface area contributed by atoms with E-state index >= 15 is 0 Å². The first-order valence-electron chi connectivity index (χ1n) is 7.84. The van der Waals surface area contributed by atoms with Crippen LogP contribution < -0.4 is 14.8 Å². The van der Waals surface area contributed by atoms with Gasteiger partial charge >= 0.3 is 0 Å². The summed E-state index contributed by atoms with van der Waals surface area (Å²) >= 11 is 2.55. The summed E-state index contributed by atoms with van der Waals surface area (Å²) in [5.41, 5.74) is 0.982. The van der Waals surface area contributed by atoms with E-state index in [0.717, 1.165) is 5.69 Å². The summed E-state index contributed by atoms with van der Waals surface area (Å²) in [4.78, 5) is 12.4. The molecular weight excluding hydrogens is 389 g/mol. The molecular formula is C18H16FN3O3S2. The standard InChI is InChI=1S/C18H16FN3O3S2/c1-24-15-8-7-11(19)9-12(15)14(23)10-26-18-22-21-17(27-18)20-13-5-3-4-6-16(13)25-2/h3-9H,10H2,1-2H3,(H,20,21). The number of thioether (sulfide) groups is 1. The highest BCUT2D eigenvalue weighted by Gasteiger charge is 2.15. The van der Waals surface area contributed by atoms with E-state index in [1.165, 1.54) is 48.4 Å². The molecule has 27 heavy (non-hydrogen) atoms. The minimum atomic E-state index is -0.483. The van der Waals surface area contributed by atoms with Crippen molar-refractivity contribution >= 4 is 39.7 Å². The number of ether oxygens (including phenoxy) is 2. The number of para-hydroxylation sites is 2. The molecule has 1 N–H and O–H groups in total. The normalized spacial score (nSPS) is 10.5. The van der Waals surface area contributed by atoms with E-state index in [4.69, 9.17) is 9.47 Å². The first kappa shape index (κ1) is 19.1. The Balaban J connectivity index is 1.65. The number of carbonyl (C=O) groups is 1. The van der Waals surface area contributed by atoms with Gasteiger partial charge < -0.3 is 14.8 Å². The van der Waals surface area contributed by atoms with Crippen molar-refractivity contribution in [3.05, 3.63) is 53.8 Å². The Bertz CT molecular complexity index is 949. The molecule has 0 saturated carbocycles. The van der Waals surface area contributed by atoms with Gasteiger partial charge in [-0.05, 0) is 30.3 Å². The summed E-state index contributed by atoms with van der Waals surface area (Å²) in [6.45, 7) is 0. The average molecular weight is 405 g/mol. The highest BCUT2D eigenvalue weighted by atomic mass is 32.2. The van der Waals surface area contributed by atoms with Crippen molar-refractivity contribution in [2.24, 2.45) is 0 Å². The second-order valence-corrected chi connectivity index (χ2v) is 7.45. The Morgan fingerprint density at radius 1 is 1.15 bits per heavy atom. The molecule has 2 aromatic carbocycles. The third kappa shape index (κ3) is 4.75. The lowest BCUT2D eigenvalue weighted by Gasteiger charge is -2.07. The molecule has 3 aromatic rings. The second kappa shape index (κ2) is 8.83. The Kier molecular flexibility index (Phi) is 6.25. The fourth-order valence-corrected chi connectivity index (χ4v) is 3.93. The molecule has 0 fully saturated rings. The van der Waals surface area contributed by atoms with Gasteiger partial charge in [-0.3, -0.25) is 4.79 Å².